The Balaban J connectivity index is 2.05. The van der Waals surface area contributed by atoms with E-state index in [0.717, 1.165) is 16.7 Å². The Bertz CT molecular complexity index is 605. The summed E-state index contributed by atoms with van der Waals surface area (Å²) < 4.78 is 5.75. The van der Waals surface area contributed by atoms with Gasteiger partial charge < -0.3 is 4.74 Å². The van der Waals surface area contributed by atoms with Crippen LogP contribution in [0.15, 0.2) is 22.7 Å². The van der Waals surface area contributed by atoms with Gasteiger partial charge in [0.2, 0.25) is 0 Å². The van der Waals surface area contributed by atoms with E-state index in [-0.39, 0.29) is 27.7 Å². The molecule has 1 fully saturated rings. The van der Waals surface area contributed by atoms with Gasteiger partial charge in [-0.2, -0.15) is 0 Å². The zero-order valence-electron chi connectivity index (χ0n) is 13.7. The number of ether oxygens (including phenoxy) is 1. The molecule has 2 nitrogen and oxygen atoms in total. The molecule has 2 unspecified atom stereocenters. The molecule has 0 aromatic heterocycles. The second-order valence-electron chi connectivity index (χ2n) is 6.77. The van der Waals surface area contributed by atoms with E-state index in [1.165, 1.54) is 5.56 Å². The summed E-state index contributed by atoms with van der Waals surface area (Å²) in [4.78, 5) is 12.3. The first kappa shape index (κ1) is 17.4. The van der Waals surface area contributed by atoms with Crippen molar-refractivity contribution in [3.8, 4) is 0 Å². The van der Waals surface area contributed by atoms with Crippen molar-refractivity contribution in [3.63, 3.8) is 0 Å². The Morgan fingerprint density at radius 2 is 1.77 bits per heavy atom. The highest BCUT2D eigenvalue weighted by molar-refractivity contribution is 6.55. The smallest absolute Gasteiger partial charge is 0.310 e. The van der Waals surface area contributed by atoms with Crippen LogP contribution in [0.25, 0.3) is 0 Å². The average molecular weight is 341 g/mol. The predicted molar refractivity (Wildman–Crippen MR) is 91.0 cm³/mol. The summed E-state index contributed by atoms with van der Waals surface area (Å²) in [6, 6.07) is 4.21. The Labute approximate surface area is 142 Å². The first-order chi connectivity index (χ1) is 10.1. The highest BCUT2D eigenvalue weighted by Crippen LogP contribution is 2.60. The zero-order valence-corrected chi connectivity index (χ0v) is 15.2. The van der Waals surface area contributed by atoms with E-state index in [1.807, 2.05) is 27.7 Å². The van der Waals surface area contributed by atoms with Gasteiger partial charge in [0.25, 0.3) is 0 Å². The molecule has 120 valence electrons. The normalized spacial score (nSPS) is 22.1. The molecule has 0 radical (unpaired) electrons. The SMILES string of the molecule is Cc1cc(C)c(COC(=O)C2C(C=C(Cl)Cl)C2(C)C)c(C)c1. The molecule has 1 aliphatic carbocycles. The monoisotopic (exact) mass is 340 g/mol. The molecule has 22 heavy (non-hydrogen) atoms. The minimum atomic E-state index is -0.180. The minimum Gasteiger partial charge on any atom is -0.461 e. The van der Waals surface area contributed by atoms with E-state index < -0.39 is 0 Å². The van der Waals surface area contributed by atoms with Crippen molar-refractivity contribution in [2.45, 2.75) is 41.2 Å². The molecule has 0 N–H and O–H groups in total. The first-order valence-electron chi connectivity index (χ1n) is 7.40. The molecule has 1 saturated carbocycles. The number of aryl methyl sites for hydroxylation is 3. The Kier molecular flexibility index (Phi) is 4.93. The summed E-state index contributed by atoms with van der Waals surface area (Å²) in [6.45, 7) is 10.5. The highest BCUT2D eigenvalue weighted by atomic mass is 35.5. The van der Waals surface area contributed by atoms with Gasteiger partial charge >= 0.3 is 5.97 Å². The molecular weight excluding hydrogens is 319 g/mol. The lowest BCUT2D eigenvalue weighted by Gasteiger charge is -2.12. The van der Waals surface area contributed by atoms with Gasteiger partial charge in [0.15, 0.2) is 0 Å². The molecule has 0 saturated heterocycles. The summed E-state index contributed by atoms with van der Waals surface area (Å²) in [7, 11) is 0. The van der Waals surface area contributed by atoms with Crippen molar-refractivity contribution < 1.29 is 9.53 Å². The second-order valence-corrected chi connectivity index (χ2v) is 7.77. The third kappa shape index (κ3) is 3.49. The number of rotatable bonds is 4. The third-order valence-electron chi connectivity index (χ3n) is 4.67. The fraction of sp³-hybridized carbons (Fsp3) is 0.500. The predicted octanol–water partition coefficient (Wildman–Crippen LogP) is 5.25. The lowest BCUT2D eigenvalue weighted by atomic mass is 10.0. The minimum absolute atomic E-state index is 0.0465. The molecule has 1 aromatic carbocycles. The highest BCUT2D eigenvalue weighted by Gasteiger charge is 2.61. The quantitative estimate of drug-likeness (QED) is 0.700. The standard InChI is InChI=1S/C18H22Cl2O2/c1-10-6-11(2)13(12(3)7-10)9-22-17(21)16-14(8-15(19)20)18(16,4)5/h6-8,14,16H,9H2,1-5H3. The average Bonchev–Trinajstić information content (AvgIpc) is 2.88. The maximum Gasteiger partial charge on any atom is 0.310 e. The van der Waals surface area contributed by atoms with Gasteiger partial charge in [0, 0.05) is 0 Å². The summed E-state index contributed by atoms with van der Waals surface area (Å²) in [5.74, 6) is -0.309. The van der Waals surface area contributed by atoms with Crippen LogP contribution in [0.3, 0.4) is 0 Å². The summed E-state index contributed by atoms with van der Waals surface area (Å²) in [6.07, 6.45) is 1.73. The van der Waals surface area contributed by atoms with Crippen LogP contribution >= 0.6 is 23.2 Å². The largest absolute Gasteiger partial charge is 0.461 e. The van der Waals surface area contributed by atoms with Crippen LogP contribution in [0, 0.1) is 38.0 Å². The van der Waals surface area contributed by atoms with Crippen LogP contribution in [-0.4, -0.2) is 5.97 Å². The lowest BCUT2D eigenvalue weighted by Crippen LogP contribution is -2.12. The van der Waals surface area contributed by atoms with Gasteiger partial charge in [-0.1, -0.05) is 54.7 Å². The van der Waals surface area contributed by atoms with Crippen LogP contribution < -0.4 is 0 Å². The second kappa shape index (κ2) is 6.25. The fourth-order valence-corrected chi connectivity index (χ4v) is 3.52. The first-order valence-corrected chi connectivity index (χ1v) is 8.16. The molecule has 0 aliphatic heterocycles. The van der Waals surface area contributed by atoms with Gasteiger partial charge in [0.1, 0.15) is 11.1 Å². The molecule has 2 atom stereocenters. The van der Waals surface area contributed by atoms with Gasteiger partial charge in [-0.05, 0) is 54.9 Å². The number of carbonyl (C=O) groups is 1. The van der Waals surface area contributed by atoms with Crippen LogP contribution in [0.1, 0.15) is 36.1 Å². The van der Waals surface area contributed by atoms with Gasteiger partial charge in [-0.25, -0.2) is 0 Å². The van der Waals surface area contributed by atoms with Crippen molar-refractivity contribution in [1.82, 2.24) is 0 Å². The van der Waals surface area contributed by atoms with Crippen molar-refractivity contribution in [1.29, 1.82) is 0 Å². The maximum atomic E-state index is 12.3. The topological polar surface area (TPSA) is 26.3 Å². The molecule has 0 bridgehead atoms. The molecular formula is C18H22Cl2O2. The number of allylic oxidation sites excluding steroid dienone is 1. The summed E-state index contributed by atoms with van der Waals surface area (Å²) in [5, 5.41) is 0. The molecule has 1 aromatic rings. The fourth-order valence-electron chi connectivity index (χ4n) is 3.25. The number of carbonyl (C=O) groups excluding carboxylic acids is 1. The van der Waals surface area contributed by atoms with Crippen LogP contribution in [0.4, 0.5) is 0 Å². The molecule has 0 heterocycles. The van der Waals surface area contributed by atoms with E-state index in [1.54, 1.807) is 6.08 Å². The summed E-state index contributed by atoms with van der Waals surface area (Å²) in [5.41, 5.74) is 4.46. The molecule has 0 spiro atoms. The van der Waals surface area contributed by atoms with Crippen molar-refractivity contribution >= 4 is 29.2 Å². The van der Waals surface area contributed by atoms with Crippen LogP contribution in [0.2, 0.25) is 0 Å². The Morgan fingerprint density at radius 1 is 1.23 bits per heavy atom. The van der Waals surface area contributed by atoms with E-state index >= 15 is 0 Å². The Morgan fingerprint density at radius 3 is 2.27 bits per heavy atom. The van der Waals surface area contributed by atoms with Crippen molar-refractivity contribution in [3.05, 3.63) is 45.0 Å². The lowest BCUT2D eigenvalue weighted by molar-refractivity contribution is -0.147. The van der Waals surface area contributed by atoms with E-state index in [9.17, 15) is 4.79 Å². The Hall–Kier alpha value is -0.990. The molecule has 0 amide bonds. The van der Waals surface area contributed by atoms with Crippen molar-refractivity contribution in [2.75, 3.05) is 0 Å². The number of esters is 1. The van der Waals surface area contributed by atoms with Crippen LogP contribution in [-0.2, 0) is 16.1 Å². The summed E-state index contributed by atoms with van der Waals surface area (Å²) >= 11 is 11.4. The van der Waals surface area contributed by atoms with Gasteiger partial charge in [-0.3, -0.25) is 4.79 Å². The van der Waals surface area contributed by atoms with E-state index in [4.69, 9.17) is 27.9 Å². The number of hydrogen-bond donors (Lipinski definition) is 0. The van der Waals surface area contributed by atoms with E-state index in [0.29, 0.717) is 6.61 Å². The molecule has 2 rings (SSSR count). The third-order valence-corrected chi connectivity index (χ3v) is 4.92. The number of hydrogen-bond acceptors (Lipinski definition) is 2. The van der Waals surface area contributed by atoms with Crippen molar-refractivity contribution in [2.24, 2.45) is 17.3 Å². The zero-order chi connectivity index (χ0) is 16.7. The molecule has 4 heteroatoms. The van der Waals surface area contributed by atoms with Gasteiger partial charge in [-0.15, -0.1) is 0 Å². The number of benzene rings is 1. The number of halogens is 2. The van der Waals surface area contributed by atoms with Gasteiger partial charge in [0.05, 0.1) is 5.92 Å². The maximum absolute atomic E-state index is 12.3. The van der Waals surface area contributed by atoms with Crippen LogP contribution in [0.5, 0.6) is 0 Å². The molecule has 1 aliphatic rings. The van der Waals surface area contributed by atoms with E-state index in [2.05, 4.69) is 19.1 Å².